The first-order chi connectivity index (χ1) is 12.8. The van der Waals surface area contributed by atoms with Crippen LogP contribution in [0.1, 0.15) is 26.5 Å². The van der Waals surface area contributed by atoms with Crippen LogP contribution in [0.15, 0.2) is 60.7 Å². The average Bonchev–Trinajstić information content (AvgIpc) is 3.06. The summed E-state index contributed by atoms with van der Waals surface area (Å²) < 4.78 is 7.25. The molecule has 0 aliphatic carbocycles. The Hall–Kier alpha value is -2.79. The molecule has 0 radical (unpaired) electrons. The first kappa shape index (κ1) is 19.0. The van der Waals surface area contributed by atoms with E-state index in [0.29, 0.717) is 16.6 Å². The van der Waals surface area contributed by atoms with Gasteiger partial charge in [0, 0.05) is 16.5 Å². The third-order valence-electron chi connectivity index (χ3n) is 3.93. The van der Waals surface area contributed by atoms with E-state index in [0.717, 1.165) is 11.4 Å². The molecule has 1 heterocycles. The van der Waals surface area contributed by atoms with E-state index in [1.807, 2.05) is 36.4 Å². The number of carbonyl (C=O) groups is 1. The van der Waals surface area contributed by atoms with Crippen molar-refractivity contribution in [1.29, 1.82) is 0 Å². The molecular weight excluding hydrogens is 362 g/mol. The summed E-state index contributed by atoms with van der Waals surface area (Å²) in [6.07, 6.45) is 0. The maximum Gasteiger partial charge on any atom is 0.263 e. The van der Waals surface area contributed by atoms with Crippen LogP contribution in [0.5, 0.6) is 5.75 Å². The highest BCUT2D eigenvalue weighted by Crippen LogP contribution is 2.26. The lowest BCUT2D eigenvalue weighted by Crippen LogP contribution is -2.21. The lowest BCUT2D eigenvalue weighted by Gasteiger charge is -2.14. The van der Waals surface area contributed by atoms with Crippen molar-refractivity contribution in [3.8, 4) is 11.4 Å². The van der Waals surface area contributed by atoms with Gasteiger partial charge in [0.2, 0.25) is 0 Å². The van der Waals surface area contributed by atoms with Crippen molar-refractivity contribution >= 4 is 23.3 Å². The standard InChI is InChI=1S/C21H22ClN3O2/c1-21(2,3)18-13-19(25(24-18)16-7-5-4-6-8-16)23-20(26)14-27-17-11-9-15(22)10-12-17/h4-13H,14H2,1-3H3,(H,23,26). The molecule has 6 heteroatoms. The minimum Gasteiger partial charge on any atom is -0.484 e. The Bertz CT molecular complexity index is 913. The molecule has 1 amide bonds. The second kappa shape index (κ2) is 7.84. The largest absolute Gasteiger partial charge is 0.484 e. The minimum absolute atomic E-state index is 0.105. The lowest BCUT2D eigenvalue weighted by atomic mass is 9.92. The third kappa shape index (κ3) is 4.89. The third-order valence-corrected chi connectivity index (χ3v) is 4.18. The molecule has 1 aromatic heterocycles. The Balaban J connectivity index is 1.77. The first-order valence-corrected chi connectivity index (χ1v) is 9.05. The zero-order valence-corrected chi connectivity index (χ0v) is 16.3. The van der Waals surface area contributed by atoms with E-state index >= 15 is 0 Å². The second-order valence-electron chi connectivity index (χ2n) is 7.20. The monoisotopic (exact) mass is 383 g/mol. The minimum atomic E-state index is -0.262. The highest BCUT2D eigenvalue weighted by atomic mass is 35.5. The van der Waals surface area contributed by atoms with Crippen LogP contribution in [0.3, 0.4) is 0 Å². The molecular formula is C21H22ClN3O2. The smallest absolute Gasteiger partial charge is 0.263 e. The number of halogens is 1. The molecule has 0 saturated carbocycles. The first-order valence-electron chi connectivity index (χ1n) is 8.67. The molecule has 140 valence electrons. The number of hydrogen-bond donors (Lipinski definition) is 1. The van der Waals surface area contributed by atoms with Crippen LogP contribution in [0, 0.1) is 0 Å². The van der Waals surface area contributed by atoms with Gasteiger partial charge < -0.3 is 10.1 Å². The Morgan fingerprint density at radius 1 is 1.11 bits per heavy atom. The summed E-state index contributed by atoms with van der Waals surface area (Å²) >= 11 is 5.85. The summed E-state index contributed by atoms with van der Waals surface area (Å²) in [5.74, 6) is 0.930. The van der Waals surface area contributed by atoms with E-state index in [4.69, 9.17) is 16.3 Å². The van der Waals surface area contributed by atoms with Crippen LogP contribution in [0.4, 0.5) is 5.82 Å². The Morgan fingerprint density at radius 3 is 2.41 bits per heavy atom. The quantitative estimate of drug-likeness (QED) is 0.685. The van der Waals surface area contributed by atoms with Gasteiger partial charge in [-0.2, -0.15) is 5.10 Å². The number of para-hydroxylation sites is 1. The lowest BCUT2D eigenvalue weighted by molar-refractivity contribution is -0.118. The number of anilines is 1. The second-order valence-corrected chi connectivity index (χ2v) is 7.64. The van der Waals surface area contributed by atoms with Crippen molar-refractivity contribution in [1.82, 2.24) is 9.78 Å². The van der Waals surface area contributed by atoms with Gasteiger partial charge in [-0.25, -0.2) is 4.68 Å². The number of rotatable bonds is 5. The Labute approximate surface area is 163 Å². The fourth-order valence-electron chi connectivity index (χ4n) is 2.46. The average molecular weight is 384 g/mol. The van der Waals surface area contributed by atoms with Gasteiger partial charge in [0.25, 0.3) is 5.91 Å². The molecule has 27 heavy (non-hydrogen) atoms. The van der Waals surface area contributed by atoms with Crippen molar-refractivity contribution in [3.05, 3.63) is 71.4 Å². The number of nitrogens with zero attached hydrogens (tertiary/aromatic N) is 2. The van der Waals surface area contributed by atoms with E-state index in [1.54, 1.807) is 28.9 Å². The van der Waals surface area contributed by atoms with Crippen LogP contribution in [0.2, 0.25) is 5.02 Å². The maximum absolute atomic E-state index is 12.4. The van der Waals surface area contributed by atoms with Crippen LogP contribution in [0.25, 0.3) is 5.69 Å². The zero-order chi connectivity index (χ0) is 19.4. The van der Waals surface area contributed by atoms with Crippen molar-refractivity contribution in [2.24, 2.45) is 0 Å². The van der Waals surface area contributed by atoms with E-state index in [2.05, 4.69) is 31.2 Å². The number of nitrogens with one attached hydrogen (secondary N) is 1. The predicted molar refractivity (Wildman–Crippen MR) is 108 cm³/mol. The number of carbonyl (C=O) groups excluding carboxylic acids is 1. The van der Waals surface area contributed by atoms with E-state index in [9.17, 15) is 4.79 Å². The van der Waals surface area contributed by atoms with E-state index < -0.39 is 0 Å². The summed E-state index contributed by atoms with van der Waals surface area (Å²) in [7, 11) is 0. The topological polar surface area (TPSA) is 56.1 Å². The number of ether oxygens (including phenoxy) is 1. The van der Waals surface area contributed by atoms with Gasteiger partial charge in [-0.05, 0) is 36.4 Å². The fourth-order valence-corrected chi connectivity index (χ4v) is 2.59. The van der Waals surface area contributed by atoms with Gasteiger partial charge in [0.1, 0.15) is 11.6 Å². The van der Waals surface area contributed by atoms with Crippen molar-refractivity contribution in [2.45, 2.75) is 26.2 Å². The molecule has 3 aromatic rings. The molecule has 0 unspecified atom stereocenters. The van der Waals surface area contributed by atoms with Crippen LogP contribution in [-0.2, 0) is 10.2 Å². The summed E-state index contributed by atoms with van der Waals surface area (Å²) in [5.41, 5.74) is 1.63. The molecule has 5 nitrogen and oxygen atoms in total. The Morgan fingerprint density at radius 2 is 1.78 bits per heavy atom. The van der Waals surface area contributed by atoms with Crippen molar-refractivity contribution in [3.63, 3.8) is 0 Å². The number of amides is 1. The SMILES string of the molecule is CC(C)(C)c1cc(NC(=O)COc2ccc(Cl)cc2)n(-c2ccccc2)n1. The maximum atomic E-state index is 12.4. The summed E-state index contributed by atoms with van der Waals surface area (Å²) in [6, 6.07) is 18.5. The molecule has 2 aromatic carbocycles. The molecule has 0 fully saturated rings. The highest BCUT2D eigenvalue weighted by Gasteiger charge is 2.21. The molecule has 3 rings (SSSR count). The molecule has 1 N–H and O–H groups in total. The van der Waals surface area contributed by atoms with E-state index in [1.165, 1.54) is 0 Å². The highest BCUT2D eigenvalue weighted by molar-refractivity contribution is 6.30. The van der Waals surface area contributed by atoms with Crippen molar-refractivity contribution < 1.29 is 9.53 Å². The van der Waals surface area contributed by atoms with Crippen LogP contribution < -0.4 is 10.1 Å². The fraction of sp³-hybridized carbons (Fsp3) is 0.238. The predicted octanol–water partition coefficient (Wildman–Crippen LogP) is 4.84. The van der Waals surface area contributed by atoms with Crippen LogP contribution in [-0.4, -0.2) is 22.3 Å². The Kier molecular flexibility index (Phi) is 5.51. The summed E-state index contributed by atoms with van der Waals surface area (Å²) in [6.45, 7) is 6.15. The molecule has 0 spiro atoms. The number of aromatic nitrogens is 2. The normalized spacial score (nSPS) is 11.3. The van der Waals surface area contributed by atoms with Gasteiger partial charge in [-0.3, -0.25) is 4.79 Å². The zero-order valence-electron chi connectivity index (χ0n) is 15.6. The summed E-state index contributed by atoms with van der Waals surface area (Å²) in [5, 5.41) is 8.19. The summed E-state index contributed by atoms with van der Waals surface area (Å²) in [4.78, 5) is 12.4. The molecule has 0 atom stereocenters. The van der Waals surface area contributed by atoms with E-state index in [-0.39, 0.29) is 17.9 Å². The van der Waals surface area contributed by atoms with Gasteiger partial charge in [0.15, 0.2) is 6.61 Å². The van der Waals surface area contributed by atoms with Gasteiger partial charge in [-0.15, -0.1) is 0 Å². The van der Waals surface area contributed by atoms with Gasteiger partial charge in [-0.1, -0.05) is 50.6 Å². The molecule has 0 saturated heterocycles. The van der Waals surface area contributed by atoms with Gasteiger partial charge in [0.05, 0.1) is 11.4 Å². The van der Waals surface area contributed by atoms with Crippen molar-refractivity contribution in [2.75, 3.05) is 11.9 Å². The molecule has 0 bridgehead atoms. The number of benzene rings is 2. The van der Waals surface area contributed by atoms with Crippen LogP contribution >= 0.6 is 11.6 Å². The number of hydrogen-bond acceptors (Lipinski definition) is 3. The molecule has 0 aliphatic rings. The molecule has 0 aliphatic heterocycles. The van der Waals surface area contributed by atoms with Gasteiger partial charge >= 0.3 is 0 Å².